The highest BCUT2D eigenvalue weighted by atomic mass is 16.6. The summed E-state index contributed by atoms with van der Waals surface area (Å²) in [6.07, 6.45) is 1.76. The van der Waals surface area contributed by atoms with Gasteiger partial charge in [-0.2, -0.15) is 0 Å². The van der Waals surface area contributed by atoms with Gasteiger partial charge in [0, 0.05) is 13.0 Å². The van der Waals surface area contributed by atoms with E-state index in [0.29, 0.717) is 25.8 Å². The van der Waals surface area contributed by atoms with Gasteiger partial charge in [0.05, 0.1) is 12.5 Å². The summed E-state index contributed by atoms with van der Waals surface area (Å²) in [5.74, 6) is -1.62. The van der Waals surface area contributed by atoms with E-state index >= 15 is 0 Å². The van der Waals surface area contributed by atoms with Gasteiger partial charge in [0.25, 0.3) is 0 Å². The second kappa shape index (κ2) is 5.89. The summed E-state index contributed by atoms with van der Waals surface area (Å²) in [7, 11) is 0. The summed E-state index contributed by atoms with van der Waals surface area (Å²) < 4.78 is 10.7. The van der Waals surface area contributed by atoms with E-state index < -0.39 is 29.0 Å². The highest BCUT2D eigenvalue weighted by molar-refractivity contribution is 5.95. The smallest absolute Gasteiger partial charge is 0.332 e. The van der Waals surface area contributed by atoms with Crippen molar-refractivity contribution in [1.82, 2.24) is 4.90 Å². The molecule has 0 unspecified atom stereocenters. The Kier molecular flexibility index (Phi) is 4.49. The van der Waals surface area contributed by atoms with Crippen LogP contribution in [0, 0.1) is 5.92 Å². The minimum absolute atomic E-state index is 0.0784. The van der Waals surface area contributed by atoms with Gasteiger partial charge in [0.1, 0.15) is 5.60 Å². The highest BCUT2D eigenvalue weighted by Gasteiger charge is 2.61. The topological polar surface area (TPSA) is 72.9 Å². The maximum absolute atomic E-state index is 12.6. The molecule has 6 nitrogen and oxygen atoms in total. The van der Waals surface area contributed by atoms with E-state index in [1.165, 1.54) is 0 Å². The molecule has 124 valence electrons. The van der Waals surface area contributed by atoms with E-state index in [9.17, 15) is 14.4 Å². The molecule has 0 bridgehead atoms. The molecule has 1 amide bonds. The van der Waals surface area contributed by atoms with E-state index in [2.05, 4.69) is 0 Å². The van der Waals surface area contributed by atoms with Crippen LogP contribution in [0.2, 0.25) is 0 Å². The van der Waals surface area contributed by atoms with Gasteiger partial charge in [-0.1, -0.05) is 0 Å². The molecule has 0 saturated carbocycles. The number of piperidine rings is 1. The zero-order valence-corrected chi connectivity index (χ0v) is 13.8. The first-order valence-electron chi connectivity index (χ1n) is 7.93. The van der Waals surface area contributed by atoms with Crippen molar-refractivity contribution in [3.8, 4) is 0 Å². The van der Waals surface area contributed by atoms with Gasteiger partial charge in [-0.25, -0.2) is 4.79 Å². The number of hydrogen-bond acceptors (Lipinski definition) is 5. The van der Waals surface area contributed by atoms with Crippen LogP contribution in [0.15, 0.2) is 0 Å². The minimum Gasteiger partial charge on any atom is -0.464 e. The lowest BCUT2D eigenvalue weighted by atomic mass is 9.75. The fraction of sp³-hybridized carbons (Fsp3) is 0.812. The molecule has 2 rings (SSSR count). The highest BCUT2D eigenvalue weighted by Crippen LogP contribution is 2.44. The molecule has 0 N–H and O–H groups in total. The third-order valence-corrected chi connectivity index (χ3v) is 4.27. The van der Waals surface area contributed by atoms with Crippen molar-refractivity contribution in [2.45, 2.75) is 64.5 Å². The zero-order chi connectivity index (χ0) is 16.5. The summed E-state index contributed by atoms with van der Waals surface area (Å²) in [4.78, 5) is 39.0. The van der Waals surface area contributed by atoms with E-state index in [4.69, 9.17) is 9.47 Å². The number of rotatable bonds is 3. The molecule has 2 atom stereocenters. The van der Waals surface area contributed by atoms with E-state index in [1.54, 1.807) is 32.6 Å². The molecule has 22 heavy (non-hydrogen) atoms. The third-order valence-electron chi connectivity index (χ3n) is 4.27. The third kappa shape index (κ3) is 2.83. The molecule has 2 aliphatic rings. The molecule has 0 aliphatic carbocycles. The van der Waals surface area contributed by atoms with Crippen LogP contribution < -0.4 is 0 Å². The van der Waals surface area contributed by atoms with Crippen LogP contribution in [0.25, 0.3) is 0 Å². The van der Waals surface area contributed by atoms with Crippen molar-refractivity contribution in [3.63, 3.8) is 0 Å². The van der Waals surface area contributed by atoms with Crippen molar-refractivity contribution < 1.29 is 23.9 Å². The maximum Gasteiger partial charge on any atom is 0.332 e. The number of hydrogen-bond donors (Lipinski definition) is 0. The Balaban J connectivity index is 2.36. The van der Waals surface area contributed by atoms with Crippen LogP contribution in [-0.4, -0.2) is 47.0 Å². The molecule has 2 aliphatic heterocycles. The van der Waals surface area contributed by atoms with Crippen LogP contribution >= 0.6 is 0 Å². The quantitative estimate of drug-likeness (QED) is 0.741. The van der Waals surface area contributed by atoms with Crippen molar-refractivity contribution in [2.24, 2.45) is 5.92 Å². The Labute approximate surface area is 131 Å². The Morgan fingerprint density at radius 1 is 1.36 bits per heavy atom. The fourth-order valence-electron chi connectivity index (χ4n) is 3.49. The number of carbonyl (C=O) groups excluding carboxylic acids is 3. The number of fused-ring (bicyclic) bond motifs is 1. The van der Waals surface area contributed by atoms with Gasteiger partial charge >= 0.3 is 11.9 Å². The first-order valence-corrected chi connectivity index (χ1v) is 7.93. The molecule has 0 spiro atoms. The second-order valence-corrected chi connectivity index (χ2v) is 6.92. The largest absolute Gasteiger partial charge is 0.464 e. The molecule has 2 fully saturated rings. The van der Waals surface area contributed by atoms with Gasteiger partial charge < -0.3 is 14.4 Å². The fourth-order valence-corrected chi connectivity index (χ4v) is 3.49. The van der Waals surface area contributed by atoms with Crippen LogP contribution in [-0.2, 0) is 23.9 Å². The molecule has 0 aromatic heterocycles. The molecule has 2 heterocycles. The Morgan fingerprint density at radius 3 is 2.64 bits per heavy atom. The lowest BCUT2D eigenvalue weighted by Gasteiger charge is -2.44. The molecule has 0 radical (unpaired) electrons. The Bertz CT molecular complexity index is 481. The Morgan fingerprint density at radius 2 is 2.05 bits per heavy atom. The van der Waals surface area contributed by atoms with Crippen molar-refractivity contribution in [3.05, 3.63) is 0 Å². The molecular formula is C16H25NO5. The summed E-state index contributed by atoms with van der Waals surface area (Å²) >= 11 is 0. The van der Waals surface area contributed by atoms with E-state index in [1.807, 2.05) is 0 Å². The summed E-state index contributed by atoms with van der Waals surface area (Å²) in [5, 5.41) is 0. The lowest BCUT2D eigenvalue weighted by molar-refractivity contribution is -0.183. The molecule has 6 heteroatoms. The Hall–Kier alpha value is -1.59. The number of esters is 2. The number of amides is 1. The van der Waals surface area contributed by atoms with E-state index in [-0.39, 0.29) is 18.9 Å². The summed E-state index contributed by atoms with van der Waals surface area (Å²) in [6.45, 7) is 7.83. The van der Waals surface area contributed by atoms with Crippen LogP contribution in [0.3, 0.4) is 0 Å². The van der Waals surface area contributed by atoms with Crippen molar-refractivity contribution in [1.29, 1.82) is 0 Å². The minimum atomic E-state index is -1.17. The zero-order valence-electron chi connectivity index (χ0n) is 13.8. The van der Waals surface area contributed by atoms with Crippen molar-refractivity contribution >= 4 is 17.8 Å². The van der Waals surface area contributed by atoms with Crippen LogP contribution in [0.5, 0.6) is 0 Å². The standard InChI is InChI=1S/C16H25NO5/c1-5-21-14(20)16-9-6-10-17(16)12(18)8-7-11(16)13(19)22-15(2,3)4/h11H,5-10H2,1-4H3/t11-,16-/m1/s1. The van der Waals surface area contributed by atoms with Crippen LogP contribution in [0.4, 0.5) is 0 Å². The average molecular weight is 311 g/mol. The predicted octanol–water partition coefficient (Wildman–Crippen LogP) is 1.66. The number of carbonyl (C=O) groups is 3. The SMILES string of the molecule is CCOC(=O)[C@]12CCCN1C(=O)CC[C@@H]2C(=O)OC(C)(C)C. The van der Waals surface area contributed by atoms with Gasteiger partial charge in [-0.3, -0.25) is 9.59 Å². The molecule has 2 saturated heterocycles. The predicted molar refractivity (Wildman–Crippen MR) is 78.9 cm³/mol. The normalized spacial score (nSPS) is 28.3. The first kappa shape index (κ1) is 16.8. The lowest BCUT2D eigenvalue weighted by Crippen LogP contribution is -2.63. The van der Waals surface area contributed by atoms with Crippen LogP contribution in [0.1, 0.15) is 53.4 Å². The summed E-state index contributed by atoms with van der Waals surface area (Å²) in [5.41, 5.74) is -1.80. The first-order chi connectivity index (χ1) is 10.2. The van der Waals surface area contributed by atoms with Gasteiger partial charge in [0.15, 0.2) is 5.54 Å². The monoisotopic (exact) mass is 311 g/mol. The number of nitrogens with zero attached hydrogens (tertiary/aromatic N) is 1. The second-order valence-electron chi connectivity index (χ2n) is 6.92. The van der Waals surface area contributed by atoms with Gasteiger partial charge in [0.2, 0.25) is 5.91 Å². The average Bonchev–Trinajstić information content (AvgIpc) is 2.83. The maximum atomic E-state index is 12.6. The molecule has 0 aromatic rings. The number of ether oxygens (including phenoxy) is 2. The van der Waals surface area contributed by atoms with Gasteiger partial charge in [-0.05, 0) is 47.0 Å². The molecule has 0 aromatic carbocycles. The van der Waals surface area contributed by atoms with E-state index in [0.717, 1.165) is 0 Å². The summed E-state index contributed by atoms with van der Waals surface area (Å²) in [6, 6.07) is 0. The molecular weight excluding hydrogens is 286 g/mol. The van der Waals surface area contributed by atoms with Gasteiger partial charge in [-0.15, -0.1) is 0 Å². The van der Waals surface area contributed by atoms with Crippen molar-refractivity contribution in [2.75, 3.05) is 13.2 Å².